The largest absolute Gasteiger partial charge is 0.493 e. The van der Waals surface area contributed by atoms with Crippen molar-refractivity contribution in [1.29, 1.82) is 0 Å². The Labute approximate surface area is 179 Å². The van der Waals surface area contributed by atoms with Gasteiger partial charge in [0.05, 0.1) is 32.7 Å². The molecule has 4 aromatic rings. The topological polar surface area (TPSA) is 85.1 Å². The summed E-state index contributed by atoms with van der Waals surface area (Å²) in [5.41, 5.74) is 5.06. The Hall–Kier alpha value is -3.84. The molecule has 0 spiro atoms. The molecule has 0 fully saturated rings. The number of ether oxygens (including phenoxy) is 2. The number of nitrogens with zero attached hydrogens (tertiary/aromatic N) is 2. The molecular weight excluding hydrogens is 394 g/mol. The molecule has 31 heavy (non-hydrogen) atoms. The smallest absolute Gasteiger partial charge is 0.251 e. The molecule has 2 heterocycles. The van der Waals surface area contributed by atoms with Crippen molar-refractivity contribution in [3.63, 3.8) is 0 Å². The summed E-state index contributed by atoms with van der Waals surface area (Å²) in [6.07, 6.45) is 3.82. The van der Waals surface area contributed by atoms with Gasteiger partial charge in [0, 0.05) is 23.9 Å². The van der Waals surface area contributed by atoms with Crippen molar-refractivity contribution in [3.05, 3.63) is 72.6 Å². The summed E-state index contributed by atoms with van der Waals surface area (Å²) in [7, 11) is 3.22. The number of aliphatic hydroxyl groups is 1. The molecule has 0 saturated carbocycles. The van der Waals surface area contributed by atoms with E-state index in [2.05, 4.69) is 10.3 Å². The minimum Gasteiger partial charge on any atom is -0.493 e. The Bertz CT molecular complexity index is 1230. The first-order valence-corrected chi connectivity index (χ1v) is 9.83. The lowest BCUT2D eigenvalue weighted by Gasteiger charge is -2.10. The third-order valence-electron chi connectivity index (χ3n) is 5.04. The second-order valence-corrected chi connectivity index (χ2v) is 6.92. The molecule has 2 aromatic heterocycles. The van der Waals surface area contributed by atoms with Crippen molar-refractivity contribution in [3.8, 4) is 33.9 Å². The third kappa shape index (κ3) is 4.08. The summed E-state index contributed by atoms with van der Waals surface area (Å²) < 4.78 is 12.8. The predicted octanol–water partition coefficient (Wildman–Crippen LogP) is 3.41. The zero-order valence-corrected chi connectivity index (χ0v) is 17.3. The van der Waals surface area contributed by atoms with Gasteiger partial charge in [-0.25, -0.2) is 4.98 Å². The maximum atomic E-state index is 12.3. The van der Waals surface area contributed by atoms with E-state index in [0.717, 1.165) is 28.0 Å². The number of aromatic nitrogens is 2. The maximum Gasteiger partial charge on any atom is 0.251 e. The number of aliphatic hydroxyl groups excluding tert-OH is 1. The highest BCUT2D eigenvalue weighted by molar-refractivity contribution is 5.95. The monoisotopic (exact) mass is 417 g/mol. The Balaban J connectivity index is 1.74. The molecule has 0 unspecified atom stereocenters. The van der Waals surface area contributed by atoms with Crippen molar-refractivity contribution >= 4 is 11.6 Å². The van der Waals surface area contributed by atoms with Gasteiger partial charge in [-0.2, -0.15) is 0 Å². The first-order valence-electron chi connectivity index (χ1n) is 9.83. The van der Waals surface area contributed by atoms with Crippen LogP contribution in [0, 0.1) is 0 Å². The highest BCUT2D eigenvalue weighted by Gasteiger charge is 2.12. The fraction of sp³-hybridized carbons (Fsp3) is 0.167. The first-order chi connectivity index (χ1) is 15.1. The Morgan fingerprint density at radius 3 is 2.58 bits per heavy atom. The Morgan fingerprint density at radius 1 is 1.00 bits per heavy atom. The average Bonchev–Trinajstić information content (AvgIpc) is 3.25. The summed E-state index contributed by atoms with van der Waals surface area (Å²) in [5.74, 6) is 1.09. The number of nitrogens with one attached hydrogen (secondary N) is 1. The van der Waals surface area contributed by atoms with E-state index in [1.54, 1.807) is 20.3 Å². The van der Waals surface area contributed by atoms with Crippen LogP contribution < -0.4 is 14.8 Å². The van der Waals surface area contributed by atoms with Gasteiger partial charge in [-0.15, -0.1) is 0 Å². The fourth-order valence-corrected chi connectivity index (χ4v) is 3.47. The average molecular weight is 417 g/mol. The second-order valence-electron chi connectivity index (χ2n) is 6.92. The van der Waals surface area contributed by atoms with E-state index >= 15 is 0 Å². The number of fused-ring (bicyclic) bond motifs is 1. The number of carbonyl (C=O) groups excluding carboxylic acids is 1. The number of benzene rings is 2. The zero-order chi connectivity index (χ0) is 21.8. The van der Waals surface area contributed by atoms with Crippen LogP contribution in [0.2, 0.25) is 0 Å². The number of amides is 1. The van der Waals surface area contributed by atoms with E-state index in [-0.39, 0.29) is 19.1 Å². The highest BCUT2D eigenvalue weighted by Crippen LogP contribution is 2.33. The molecule has 158 valence electrons. The molecule has 1 amide bonds. The summed E-state index contributed by atoms with van der Waals surface area (Å²) in [5, 5.41) is 11.6. The highest BCUT2D eigenvalue weighted by atomic mass is 16.5. The SMILES string of the molecule is COc1ccc(-c2cnc3ccc(-c4cccc(C(=O)NCCO)c4)cn23)cc1OC. The van der Waals surface area contributed by atoms with E-state index in [1.807, 2.05) is 65.3 Å². The molecular formula is C24H23N3O4. The zero-order valence-electron chi connectivity index (χ0n) is 17.3. The van der Waals surface area contributed by atoms with Gasteiger partial charge in [0.25, 0.3) is 5.91 Å². The van der Waals surface area contributed by atoms with Crippen molar-refractivity contribution in [1.82, 2.24) is 14.7 Å². The number of hydrogen-bond donors (Lipinski definition) is 2. The normalized spacial score (nSPS) is 10.8. The summed E-state index contributed by atoms with van der Waals surface area (Å²) >= 11 is 0. The molecule has 7 heteroatoms. The number of imidazole rings is 1. The molecule has 0 aliphatic rings. The molecule has 4 rings (SSSR count). The molecule has 2 N–H and O–H groups in total. The molecule has 0 atom stereocenters. The van der Waals surface area contributed by atoms with E-state index in [0.29, 0.717) is 17.1 Å². The van der Waals surface area contributed by atoms with Gasteiger partial charge in [0.15, 0.2) is 11.5 Å². The van der Waals surface area contributed by atoms with Crippen LogP contribution in [0.4, 0.5) is 0 Å². The van der Waals surface area contributed by atoms with E-state index in [4.69, 9.17) is 14.6 Å². The van der Waals surface area contributed by atoms with Gasteiger partial charge < -0.3 is 19.9 Å². The first kappa shape index (κ1) is 20.4. The molecule has 0 radical (unpaired) electrons. The second kappa shape index (κ2) is 8.89. The standard InChI is InChI=1S/C24H23N3O4/c1-30-21-8-6-17(13-22(21)31-2)20-14-26-23-9-7-19(15-27(20)23)16-4-3-5-18(12-16)24(29)25-10-11-28/h3-9,12-15,28H,10-11H2,1-2H3,(H,25,29). The third-order valence-corrected chi connectivity index (χ3v) is 5.04. The van der Waals surface area contributed by atoms with Crippen LogP contribution in [-0.2, 0) is 0 Å². The van der Waals surface area contributed by atoms with Gasteiger partial charge in [-0.05, 0) is 53.6 Å². The van der Waals surface area contributed by atoms with Crippen LogP contribution in [0.5, 0.6) is 11.5 Å². The predicted molar refractivity (Wildman–Crippen MR) is 119 cm³/mol. The minimum absolute atomic E-state index is 0.0956. The van der Waals surface area contributed by atoms with Crippen LogP contribution in [0.25, 0.3) is 28.0 Å². The van der Waals surface area contributed by atoms with Crippen molar-refractivity contribution in [2.24, 2.45) is 0 Å². The minimum atomic E-state index is -0.217. The molecule has 0 bridgehead atoms. The van der Waals surface area contributed by atoms with Crippen LogP contribution in [0.15, 0.2) is 67.0 Å². The van der Waals surface area contributed by atoms with Gasteiger partial charge in [-0.1, -0.05) is 12.1 Å². The lowest BCUT2D eigenvalue weighted by Crippen LogP contribution is -2.26. The van der Waals surface area contributed by atoms with E-state index in [1.165, 1.54) is 0 Å². The summed E-state index contributed by atoms with van der Waals surface area (Å²) in [6.45, 7) is 0.125. The van der Waals surface area contributed by atoms with Crippen LogP contribution >= 0.6 is 0 Å². The van der Waals surface area contributed by atoms with Crippen molar-refractivity contribution in [2.75, 3.05) is 27.4 Å². The number of pyridine rings is 1. The lowest BCUT2D eigenvalue weighted by atomic mass is 10.0. The molecule has 0 saturated heterocycles. The van der Waals surface area contributed by atoms with Gasteiger partial charge in [0.1, 0.15) is 5.65 Å². The van der Waals surface area contributed by atoms with Gasteiger partial charge >= 0.3 is 0 Å². The quantitative estimate of drug-likeness (QED) is 0.481. The molecule has 0 aliphatic heterocycles. The van der Waals surface area contributed by atoms with Gasteiger partial charge in [-0.3, -0.25) is 9.20 Å². The van der Waals surface area contributed by atoms with Crippen molar-refractivity contribution in [2.45, 2.75) is 0 Å². The number of rotatable bonds is 7. The van der Waals surface area contributed by atoms with E-state index < -0.39 is 0 Å². The fourth-order valence-electron chi connectivity index (χ4n) is 3.47. The maximum absolute atomic E-state index is 12.3. The molecule has 0 aliphatic carbocycles. The van der Waals surface area contributed by atoms with Crippen LogP contribution in [0.1, 0.15) is 10.4 Å². The van der Waals surface area contributed by atoms with Crippen molar-refractivity contribution < 1.29 is 19.4 Å². The van der Waals surface area contributed by atoms with Gasteiger partial charge in [0.2, 0.25) is 0 Å². The van der Waals surface area contributed by atoms with Crippen LogP contribution in [-0.4, -0.2) is 47.8 Å². The lowest BCUT2D eigenvalue weighted by molar-refractivity contribution is 0.0945. The van der Waals surface area contributed by atoms with Crippen LogP contribution in [0.3, 0.4) is 0 Å². The van der Waals surface area contributed by atoms with E-state index in [9.17, 15) is 4.79 Å². The molecule has 7 nitrogen and oxygen atoms in total. The number of hydrogen-bond acceptors (Lipinski definition) is 5. The molecule has 2 aromatic carbocycles. The summed E-state index contributed by atoms with van der Waals surface area (Å²) in [4.78, 5) is 16.8. The Morgan fingerprint density at radius 2 is 1.81 bits per heavy atom. The Kier molecular flexibility index (Phi) is 5.86. The number of methoxy groups -OCH3 is 2. The number of carbonyl (C=O) groups is 1. The summed E-state index contributed by atoms with van der Waals surface area (Å²) in [6, 6.07) is 17.1.